The van der Waals surface area contributed by atoms with E-state index in [4.69, 9.17) is 20.9 Å². The molecule has 7 nitrogen and oxygen atoms in total. The van der Waals surface area contributed by atoms with Crippen molar-refractivity contribution >= 4 is 23.3 Å². The average molecular weight is 379 g/mol. The Hall–Kier alpha value is -2.09. The Morgan fingerprint density at radius 2 is 1.92 bits per heavy atom. The third-order valence-corrected chi connectivity index (χ3v) is 4.47. The molecule has 3 rings (SSSR count). The third kappa shape index (κ3) is 5.72. The van der Waals surface area contributed by atoms with Crippen molar-refractivity contribution in [1.29, 1.82) is 0 Å². The lowest BCUT2D eigenvalue weighted by Crippen LogP contribution is -2.49. The first-order valence-electron chi connectivity index (χ1n) is 8.65. The van der Waals surface area contributed by atoms with Crippen LogP contribution in [0.25, 0.3) is 0 Å². The zero-order chi connectivity index (χ0) is 18.4. The monoisotopic (exact) mass is 378 g/mol. The lowest BCUT2D eigenvalue weighted by Gasteiger charge is -2.34. The third-order valence-electron chi connectivity index (χ3n) is 4.22. The van der Waals surface area contributed by atoms with E-state index in [0.29, 0.717) is 29.8 Å². The number of amides is 1. The molecule has 1 fully saturated rings. The fourth-order valence-corrected chi connectivity index (χ4v) is 2.93. The molecule has 2 aromatic rings. The standard InChI is InChI=1S/C18H23ClN4O3/c1-14-12-17(21-26-14)20-18(24)13-23-8-6-22(7-9-23)10-11-25-16-4-2-15(19)3-5-16/h2-5,12H,6-11,13H2,1H3,(H,20,21,24). The highest BCUT2D eigenvalue weighted by Crippen LogP contribution is 2.15. The Morgan fingerprint density at radius 3 is 2.58 bits per heavy atom. The SMILES string of the molecule is Cc1cc(NC(=O)CN2CCN(CCOc3ccc(Cl)cc3)CC2)no1. The Kier molecular flexibility index (Phi) is 6.49. The zero-order valence-electron chi connectivity index (χ0n) is 14.8. The molecule has 1 aliphatic rings. The van der Waals surface area contributed by atoms with Gasteiger partial charge in [0.25, 0.3) is 0 Å². The first-order valence-corrected chi connectivity index (χ1v) is 9.02. The van der Waals surface area contributed by atoms with E-state index in [-0.39, 0.29) is 5.91 Å². The van der Waals surface area contributed by atoms with E-state index in [1.807, 2.05) is 24.3 Å². The van der Waals surface area contributed by atoms with Crippen molar-refractivity contribution in [1.82, 2.24) is 15.0 Å². The molecule has 26 heavy (non-hydrogen) atoms. The first-order chi connectivity index (χ1) is 12.6. The molecule has 1 aromatic heterocycles. The fourth-order valence-electron chi connectivity index (χ4n) is 2.81. The number of hydrogen-bond acceptors (Lipinski definition) is 6. The Balaban J connectivity index is 1.32. The molecule has 1 saturated heterocycles. The van der Waals surface area contributed by atoms with Crippen molar-refractivity contribution in [2.45, 2.75) is 6.92 Å². The first kappa shape index (κ1) is 18.7. The summed E-state index contributed by atoms with van der Waals surface area (Å²) < 4.78 is 10.7. The van der Waals surface area contributed by atoms with Crippen LogP contribution >= 0.6 is 11.6 Å². The van der Waals surface area contributed by atoms with Crippen LogP contribution in [0.15, 0.2) is 34.9 Å². The predicted octanol–water partition coefficient (Wildman–Crippen LogP) is 2.27. The Bertz CT molecular complexity index is 711. The predicted molar refractivity (Wildman–Crippen MR) is 99.7 cm³/mol. The lowest BCUT2D eigenvalue weighted by molar-refractivity contribution is -0.117. The van der Waals surface area contributed by atoms with Crippen LogP contribution in [0, 0.1) is 6.92 Å². The Morgan fingerprint density at radius 1 is 1.23 bits per heavy atom. The van der Waals surface area contributed by atoms with Gasteiger partial charge in [-0.3, -0.25) is 14.6 Å². The van der Waals surface area contributed by atoms with Gasteiger partial charge in [-0.1, -0.05) is 16.8 Å². The summed E-state index contributed by atoms with van der Waals surface area (Å²) in [4.78, 5) is 16.5. The number of benzene rings is 1. The van der Waals surface area contributed by atoms with E-state index < -0.39 is 0 Å². The molecule has 8 heteroatoms. The van der Waals surface area contributed by atoms with Crippen LogP contribution < -0.4 is 10.1 Å². The zero-order valence-corrected chi connectivity index (χ0v) is 15.5. The number of anilines is 1. The number of halogens is 1. The number of hydrogen-bond donors (Lipinski definition) is 1. The number of aromatic nitrogens is 1. The van der Waals surface area contributed by atoms with Gasteiger partial charge >= 0.3 is 0 Å². The highest BCUT2D eigenvalue weighted by molar-refractivity contribution is 6.30. The van der Waals surface area contributed by atoms with E-state index in [9.17, 15) is 4.79 Å². The normalized spacial score (nSPS) is 15.8. The van der Waals surface area contributed by atoms with Gasteiger partial charge in [0, 0.05) is 43.8 Å². The van der Waals surface area contributed by atoms with Crippen LogP contribution in [-0.2, 0) is 4.79 Å². The van der Waals surface area contributed by atoms with Gasteiger partial charge in [0.15, 0.2) is 5.82 Å². The minimum Gasteiger partial charge on any atom is -0.492 e. The molecule has 0 aliphatic carbocycles. The lowest BCUT2D eigenvalue weighted by atomic mass is 10.3. The van der Waals surface area contributed by atoms with Crippen LogP contribution in [0.3, 0.4) is 0 Å². The van der Waals surface area contributed by atoms with Crippen molar-refractivity contribution in [2.24, 2.45) is 0 Å². The van der Waals surface area contributed by atoms with E-state index >= 15 is 0 Å². The fraction of sp³-hybridized carbons (Fsp3) is 0.444. The molecule has 1 aromatic carbocycles. The van der Waals surface area contributed by atoms with Gasteiger partial charge in [0.05, 0.1) is 6.54 Å². The molecule has 1 amide bonds. The van der Waals surface area contributed by atoms with E-state index in [0.717, 1.165) is 38.5 Å². The number of carbonyl (C=O) groups is 1. The van der Waals surface area contributed by atoms with E-state index in [1.54, 1.807) is 13.0 Å². The summed E-state index contributed by atoms with van der Waals surface area (Å²) in [5.41, 5.74) is 0. The smallest absolute Gasteiger partial charge is 0.239 e. The Labute approximate surface area is 157 Å². The molecule has 0 bridgehead atoms. The number of rotatable bonds is 7. The average Bonchev–Trinajstić information content (AvgIpc) is 3.03. The molecule has 1 aliphatic heterocycles. The minimum atomic E-state index is -0.0715. The maximum Gasteiger partial charge on any atom is 0.239 e. The van der Waals surface area contributed by atoms with Gasteiger partial charge in [-0.2, -0.15) is 0 Å². The van der Waals surface area contributed by atoms with Gasteiger partial charge in [-0.25, -0.2) is 0 Å². The van der Waals surface area contributed by atoms with Crippen molar-refractivity contribution in [2.75, 3.05) is 51.2 Å². The number of piperazine rings is 1. The van der Waals surface area contributed by atoms with Gasteiger partial charge in [-0.05, 0) is 31.2 Å². The molecular formula is C18H23ClN4O3. The maximum absolute atomic E-state index is 12.0. The van der Waals surface area contributed by atoms with Gasteiger partial charge in [0.2, 0.25) is 5.91 Å². The van der Waals surface area contributed by atoms with Gasteiger partial charge < -0.3 is 14.6 Å². The summed E-state index contributed by atoms with van der Waals surface area (Å²) in [5.74, 6) is 1.89. The van der Waals surface area contributed by atoms with Crippen molar-refractivity contribution in [3.05, 3.63) is 41.1 Å². The van der Waals surface area contributed by atoms with Crippen molar-refractivity contribution in [3.8, 4) is 5.75 Å². The molecule has 0 radical (unpaired) electrons. The minimum absolute atomic E-state index is 0.0715. The summed E-state index contributed by atoms with van der Waals surface area (Å²) in [6.07, 6.45) is 0. The van der Waals surface area contributed by atoms with Crippen LogP contribution in [0.1, 0.15) is 5.76 Å². The second kappa shape index (κ2) is 9.02. The quantitative estimate of drug-likeness (QED) is 0.797. The molecule has 0 atom stereocenters. The number of nitrogens with zero attached hydrogens (tertiary/aromatic N) is 3. The molecule has 0 unspecified atom stereocenters. The van der Waals surface area contributed by atoms with Crippen LogP contribution in [0.5, 0.6) is 5.75 Å². The summed E-state index contributed by atoms with van der Waals surface area (Å²) in [5, 5.41) is 7.22. The molecule has 1 N–H and O–H groups in total. The number of nitrogens with one attached hydrogen (secondary N) is 1. The number of ether oxygens (including phenoxy) is 1. The molecule has 0 saturated carbocycles. The molecule has 140 valence electrons. The largest absolute Gasteiger partial charge is 0.492 e. The summed E-state index contributed by atoms with van der Waals surface area (Å²) in [6.45, 7) is 7.19. The topological polar surface area (TPSA) is 70.8 Å². The molecule has 0 spiro atoms. The van der Waals surface area contributed by atoms with Gasteiger partial charge in [0.1, 0.15) is 18.1 Å². The second-order valence-electron chi connectivity index (χ2n) is 6.29. The maximum atomic E-state index is 12.0. The molecular weight excluding hydrogens is 356 g/mol. The van der Waals surface area contributed by atoms with Crippen LogP contribution in [0.4, 0.5) is 5.82 Å². The van der Waals surface area contributed by atoms with Crippen LogP contribution in [-0.4, -0.2) is 66.7 Å². The molecule has 2 heterocycles. The van der Waals surface area contributed by atoms with E-state index in [2.05, 4.69) is 20.3 Å². The summed E-state index contributed by atoms with van der Waals surface area (Å²) in [6, 6.07) is 9.09. The van der Waals surface area contributed by atoms with E-state index in [1.165, 1.54) is 0 Å². The highest BCUT2D eigenvalue weighted by atomic mass is 35.5. The second-order valence-corrected chi connectivity index (χ2v) is 6.73. The van der Waals surface area contributed by atoms with Gasteiger partial charge in [-0.15, -0.1) is 0 Å². The summed E-state index contributed by atoms with van der Waals surface area (Å²) in [7, 11) is 0. The van der Waals surface area contributed by atoms with Crippen LogP contribution in [0.2, 0.25) is 5.02 Å². The number of aryl methyl sites for hydroxylation is 1. The summed E-state index contributed by atoms with van der Waals surface area (Å²) >= 11 is 5.86. The highest BCUT2D eigenvalue weighted by Gasteiger charge is 2.19. The number of carbonyl (C=O) groups excluding carboxylic acids is 1. The van der Waals surface area contributed by atoms with Crippen molar-refractivity contribution in [3.63, 3.8) is 0 Å². The van der Waals surface area contributed by atoms with Crippen molar-refractivity contribution < 1.29 is 14.1 Å².